The zero-order valence-corrected chi connectivity index (χ0v) is 8.72. The SMILES string of the molecule is CCCC1COC(=O)N1CCCCl. The van der Waals surface area contributed by atoms with Gasteiger partial charge in [0, 0.05) is 12.4 Å². The van der Waals surface area contributed by atoms with Crippen molar-refractivity contribution in [1.82, 2.24) is 4.90 Å². The summed E-state index contributed by atoms with van der Waals surface area (Å²) in [7, 11) is 0. The normalized spacial score (nSPS) is 22.2. The van der Waals surface area contributed by atoms with Crippen molar-refractivity contribution in [3.05, 3.63) is 0 Å². The zero-order valence-electron chi connectivity index (χ0n) is 7.96. The Kier molecular flexibility index (Phi) is 4.36. The number of amides is 1. The van der Waals surface area contributed by atoms with Crippen LogP contribution in [0.4, 0.5) is 4.79 Å². The van der Waals surface area contributed by atoms with Crippen molar-refractivity contribution in [3.8, 4) is 0 Å². The predicted molar refractivity (Wildman–Crippen MR) is 52.1 cm³/mol. The van der Waals surface area contributed by atoms with Gasteiger partial charge in [-0.15, -0.1) is 11.6 Å². The molecule has 4 heteroatoms. The second-order valence-corrected chi connectivity index (χ2v) is 3.63. The Morgan fingerprint density at radius 3 is 3.08 bits per heavy atom. The summed E-state index contributed by atoms with van der Waals surface area (Å²) in [5.74, 6) is 0.600. The van der Waals surface area contributed by atoms with Crippen molar-refractivity contribution >= 4 is 17.7 Å². The van der Waals surface area contributed by atoms with Crippen LogP contribution in [0.25, 0.3) is 0 Å². The molecule has 0 saturated carbocycles. The van der Waals surface area contributed by atoms with Crippen molar-refractivity contribution in [2.45, 2.75) is 32.2 Å². The number of carbonyl (C=O) groups excluding carboxylic acids is 1. The van der Waals surface area contributed by atoms with Crippen LogP contribution in [0.15, 0.2) is 0 Å². The standard InChI is InChI=1S/C9H16ClNO2/c1-2-4-8-7-13-9(12)11(8)6-3-5-10/h8H,2-7H2,1H3. The third-order valence-electron chi connectivity index (χ3n) is 2.23. The quantitative estimate of drug-likeness (QED) is 0.645. The van der Waals surface area contributed by atoms with Crippen LogP contribution in [-0.2, 0) is 4.74 Å². The summed E-state index contributed by atoms with van der Waals surface area (Å²) in [5.41, 5.74) is 0. The van der Waals surface area contributed by atoms with Crippen molar-refractivity contribution < 1.29 is 9.53 Å². The van der Waals surface area contributed by atoms with E-state index < -0.39 is 0 Å². The number of rotatable bonds is 5. The summed E-state index contributed by atoms with van der Waals surface area (Å²) < 4.78 is 4.97. The maximum atomic E-state index is 11.2. The lowest BCUT2D eigenvalue weighted by molar-refractivity contribution is 0.157. The maximum absolute atomic E-state index is 11.2. The summed E-state index contributed by atoms with van der Waals surface area (Å²) >= 11 is 5.57. The highest BCUT2D eigenvalue weighted by molar-refractivity contribution is 6.17. The topological polar surface area (TPSA) is 29.5 Å². The molecule has 1 aliphatic rings. The van der Waals surface area contributed by atoms with Gasteiger partial charge in [0.1, 0.15) is 6.61 Å². The van der Waals surface area contributed by atoms with E-state index in [1.807, 2.05) is 0 Å². The minimum Gasteiger partial charge on any atom is -0.447 e. The number of halogens is 1. The molecule has 1 rings (SSSR count). The molecule has 0 aromatic rings. The highest BCUT2D eigenvalue weighted by Crippen LogP contribution is 2.16. The van der Waals surface area contributed by atoms with Gasteiger partial charge in [0.25, 0.3) is 0 Å². The van der Waals surface area contributed by atoms with Crippen LogP contribution in [0.5, 0.6) is 0 Å². The number of nitrogens with zero attached hydrogens (tertiary/aromatic N) is 1. The van der Waals surface area contributed by atoms with Gasteiger partial charge in [-0.1, -0.05) is 13.3 Å². The fourth-order valence-electron chi connectivity index (χ4n) is 1.57. The van der Waals surface area contributed by atoms with Crippen molar-refractivity contribution in [1.29, 1.82) is 0 Å². The Labute approximate surface area is 84.0 Å². The van der Waals surface area contributed by atoms with Crippen LogP contribution in [0.3, 0.4) is 0 Å². The Hall–Kier alpha value is -0.440. The third kappa shape index (κ3) is 2.76. The molecule has 0 aliphatic carbocycles. The molecule has 3 nitrogen and oxygen atoms in total. The van der Waals surface area contributed by atoms with Crippen molar-refractivity contribution in [2.75, 3.05) is 19.0 Å². The first kappa shape index (κ1) is 10.6. The summed E-state index contributed by atoms with van der Waals surface area (Å²) in [4.78, 5) is 13.0. The van der Waals surface area contributed by atoms with E-state index in [1.54, 1.807) is 4.90 Å². The van der Waals surface area contributed by atoms with Crippen LogP contribution < -0.4 is 0 Å². The van der Waals surface area contributed by atoms with Crippen LogP contribution in [-0.4, -0.2) is 36.1 Å². The highest BCUT2D eigenvalue weighted by Gasteiger charge is 2.31. The van der Waals surface area contributed by atoms with E-state index >= 15 is 0 Å². The molecule has 1 aliphatic heterocycles. The number of carbonyl (C=O) groups is 1. The van der Waals surface area contributed by atoms with Gasteiger partial charge in [-0.05, 0) is 12.8 Å². The van der Waals surface area contributed by atoms with Crippen LogP contribution >= 0.6 is 11.6 Å². The van der Waals surface area contributed by atoms with E-state index in [0.717, 1.165) is 25.8 Å². The molecule has 76 valence electrons. The largest absolute Gasteiger partial charge is 0.447 e. The first-order chi connectivity index (χ1) is 6.29. The van der Waals surface area contributed by atoms with Gasteiger partial charge < -0.3 is 9.64 Å². The lowest BCUT2D eigenvalue weighted by atomic mass is 10.1. The van der Waals surface area contributed by atoms with Gasteiger partial charge in [-0.25, -0.2) is 4.79 Å². The van der Waals surface area contributed by atoms with E-state index in [-0.39, 0.29) is 12.1 Å². The Bertz CT molecular complexity index is 175. The molecule has 0 spiro atoms. The summed E-state index contributed by atoms with van der Waals surface area (Å²) in [6.07, 6.45) is 2.77. The molecule has 1 fully saturated rings. The second-order valence-electron chi connectivity index (χ2n) is 3.26. The fraction of sp³-hybridized carbons (Fsp3) is 0.889. The Morgan fingerprint density at radius 1 is 1.69 bits per heavy atom. The van der Waals surface area contributed by atoms with E-state index in [9.17, 15) is 4.79 Å². The maximum Gasteiger partial charge on any atom is 0.410 e. The van der Waals surface area contributed by atoms with Crippen molar-refractivity contribution in [2.24, 2.45) is 0 Å². The van der Waals surface area contributed by atoms with E-state index in [0.29, 0.717) is 12.5 Å². The average molecular weight is 206 g/mol. The van der Waals surface area contributed by atoms with Crippen LogP contribution in [0.2, 0.25) is 0 Å². The van der Waals surface area contributed by atoms with E-state index in [4.69, 9.17) is 16.3 Å². The number of hydrogen-bond donors (Lipinski definition) is 0. The monoisotopic (exact) mass is 205 g/mol. The Morgan fingerprint density at radius 2 is 2.46 bits per heavy atom. The number of alkyl halides is 1. The molecular formula is C9H16ClNO2. The first-order valence-corrected chi connectivity index (χ1v) is 5.32. The van der Waals surface area contributed by atoms with Crippen LogP contribution in [0.1, 0.15) is 26.2 Å². The average Bonchev–Trinajstić information content (AvgIpc) is 2.45. The molecule has 1 amide bonds. The zero-order chi connectivity index (χ0) is 9.68. The molecule has 13 heavy (non-hydrogen) atoms. The minimum absolute atomic E-state index is 0.177. The van der Waals surface area contributed by atoms with Gasteiger partial charge in [-0.2, -0.15) is 0 Å². The smallest absolute Gasteiger partial charge is 0.410 e. The third-order valence-corrected chi connectivity index (χ3v) is 2.50. The van der Waals surface area contributed by atoms with Gasteiger partial charge >= 0.3 is 6.09 Å². The molecule has 1 atom stereocenters. The molecule has 0 aromatic carbocycles. The number of hydrogen-bond acceptors (Lipinski definition) is 2. The summed E-state index contributed by atoms with van der Waals surface area (Å²) in [6.45, 7) is 3.39. The Balaban J connectivity index is 2.40. The van der Waals surface area contributed by atoms with Gasteiger partial charge in [0.15, 0.2) is 0 Å². The summed E-state index contributed by atoms with van der Waals surface area (Å²) in [6, 6.07) is 0.278. The molecule has 0 N–H and O–H groups in total. The second kappa shape index (κ2) is 5.32. The number of cyclic esters (lactones) is 1. The lowest BCUT2D eigenvalue weighted by Crippen LogP contribution is -2.34. The first-order valence-electron chi connectivity index (χ1n) is 4.79. The molecule has 1 saturated heterocycles. The van der Waals surface area contributed by atoms with Crippen molar-refractivity contribution in [3.63, 3.8) is 0 Å². The van der Waals surface area contributed by atoms with Gasteiger partial charge in [0.2, 0.25) is 0 Å². The molecule has 1 heterocycles. The number of ether oxygens (including phenoxy) is 1. The fourth-order valence-corrected chi connectivity index (χ4v) is 1.69. The predicted octanol–water partition coefficient (Wildman–Crippen LogP) is 2.24. The molecule has 0 bridgehead atoms. The molecule has 1 unspecified atom stereocenters. The highest BCUT2D eigenvalue weighted by atomic mass is 35.5. The van der Waals surface area contributed by atoms with E-state index in [2.05, 4.69) is 6.92 Å². The van der Waals surface area contributed by atoms with Crippen LogP contribution in [0, 0.1) is 0 Å². The molecular weight excluding hydrogens is 190 g/mol. The molecule has 0 aromatic heterocycles. The molecule has 0 radical (unpaired) electrons. The minimum atomic E-state index is -0.177. The van der Waals surface area contributed by atoms with Gasteiger partial charge in [-0.3, -0.25) is 0 Å². The summed E-state index contributed by atoms with van der Waals surface area (Å²) in [5, 5.41) is 0. The van der Waals surface area contributed by atoms with Gasteiger partial charge in [0.05, 0.1) is 6.04 Å². The van der Waals surface area contributed by atoms with E-state index in [1.165, 1.54) is 0 Å². The lowest BCUT2D eigenvalue weighted by Gasteiger charge is -2.19.